The van der Waals surface area contributed by atoms with E-state index in [4.69, 9.17) is 9.72 Å². The van der Waals surface area contributed by atoms with Gasteiger partial charge in [-0.2, -0.15) is 0 Å². The minimum Gasteiger partial charge on any atom is -0.376 e. The van der Waals surface area contributed by atoms with Gasteiger partial charge in [0.2, 0.25) is 0 Å². The summed E-state index contributed by atoms with van der Waals surface area (Å²) in [6, 6.07) is 0. The third-order valence-electron chi connectivity index (χ3n) is 3.70. The number of guanidine groups is 1. The third kappa shape index (κ3) is 6.93. The molecule has 0 aromatic carbocycles. The molecule has 0 spiro atoms. The van der Waals surface area contributed by atoms with Crippen LogP contribution in [0.4, 0.5) is 0 Å². The van der Waals surface area contributed by atoms with Crippen molar-refractivity contribution in [3.8, 4) is 0 Å². The molecule has 1 aromatic heterocycles. The maximum Gasteiger partial charge on any atom is 0.191 e. The van der Waals surface area contributed by atoms with Crippen LogP contribution in [0.2, 0.25) is 0 Å². The van der Waals surface area contributed by atoms with Crippen molar-refractivity contribution in [1.29, 1.82) is 0 Å². The smallest absolute Gasteiger partial charge is 0.191 e. The Morgan fingerprint density at radius 3 is 2.78 bits per heavy atom. The van der Waals surface area contributed by atoms with Crippen LogP contribution >= 0.6 is 35.3 Å². The summed E-state index contributed by atoms with van der Waals surface area (Å²) in [7, 11) is 1.80. The van der Waals surface area contributed by atoms with Gasteiger partial charge in [-0.1, -0.05) is 20.8 Å². The molecule has 1 aromatic rings. The monoisotopic (exact) mass is 452 g/mol. The molecule has 0 bridgehead atoms. The van der Waals surface area contributed by atoms with E-state index in [1.54, 1.807) is 18.4 Å². The van der Waals surface area contributed by atoms with Crippen LogP contribution in [0.5, 0.6) is 0 Å². The van der Waals surface area contributed by atoms with E-state index >= 15 is 0 Å². The molecule has 132 valence electrons. The van der Waals surface area contributed by atoms with Crippen molar-refractivity contribution >= 4 is 41.3 Å². The summed E-state index contributed by atoms with van der Waals surface area (Å²) in [6.45, 7) is 9.13. The normalized spacial score (nSPS) is 18.6. The second-order valence-corrected chi connectivity index (χ2v) is 7.58. The van der Waals surface area contributed by atoms with E-state index in [1.165, 1.54) is 17.1 Å². The Hall–Kier alpha value is -0.410. The van der Waals surface area contributed by atoms with Gasteiger partial charge in [-0.25, -0.2) is 4.98 Å². The highest BCUT2D eigenvalue weighted by Crippen LogP contribution is 2.23. The van der Waals surface area contributed by atoms with Crippen molar-refractivity contribution in [2.24, 2.45) is 4.99 Å². The Kier molecular flexibility index (Phi) is 8.78. The first-order chi connectivity index (χ1) is 10.5. The maximum absolute atomic E-state index is 5.60. The van der Waals surface area contributed by atoms with Gasteiger partial charge in [-0.15, -0.1) is 35.3 Å². The molecule has 0 saturated carbocycles. The lowest BCUT2D eigenvalue weighted by Crippen LogP contribution is -2.41. The highest BCUT2D eigenvalue weighted by Gasteiger charge is 2.17. The first-order valence-electron chi connectivity index (χ1n) is 8.00. The van der Waals surface area contributed by atoms with Crippen LogP contribution < -0.4 is 10.6 Å². The summed E-state index contributed by atoms with van der Waals surface area (Å²) in [5.41, 5.74) is 1.30. The van der Waals surface area contributed by atoms with E-state index in [1.807, 2.05) is 0 Å². The number of hydrogen-bond donors (Lipinski definition) is 2. The van der Waals surface area contributed by atoms with E-state index in [2.05, 4.69) is 41.8 Å². The second kappa shape index (κ2) is 9.78. The molecule has 2 heterocycles. The van der Waals surface area contributed by atoms with Gasteiger partial charge in [0.25, 0.3) is 0 Å². The molecule has 1 fully saturated rings. The number of nitrogens with zero attached hydrogens (tertiary/aromatic N) is 2. The molecular formula is C16H29IN4OS. The van der Waals surface area contributed by atoms with Gasteiger partial charge in [0, 0.05) is 44.0 Å². The van der Waals surface area contributed by atoms with Crippen LogP contribution in [0.25, 0.3) is 0 Å². The topological polar surface area (TPSA) is 58.5 Å². The molecule has 1 aliphatic rings. The van der Waals surface area contributed by atoms with Crippen molar-refractivity contribution in [2.75, 3.05) is 26.7 Å². The molecular weight excluding hydrogens is 423 g/mol. The standard InChI is InChI=1S/C16H28N4OS.HI/c1-16(2,3)13-11-22-14(20-13)7-8-18-15(17-4)19-10-12-6-5-9-21-12;/h11-12H,5-10H2,1-4H3,(H2,17,18,19);1H. The van der Waals surface area contributed by atoms with Crippen molar-refractivity contribution in [3.05, 3.63) is 16.1 Å². The van der Waals surface area contributed by atoms with E-state index in [0.29, 0.717) is 6.10 Å². The fourth-order valence-electron chi connectivity index (χ4n) is 2.29. The average molecular weight is 452 g/mol. The zero-order valence-corrected chi connectivity index (χ0v) is 17.7. The lowest BCUT2D eigenvalue weighted by atomic mass is 9.93. The Morgan fingerprint density at radius 2 is 2.22 bits per heavy atom. The van der Waals surface area contributed by atoms with E-state index in [9.17, 15) is 0 Å². The van der Waals surface area contributed by atoms with E-state index in [0.717, 1.165) is 38.5 Å². The third-order valence-corrected chi connectivity index (χ3v) is 4.60. The van der Waals surface area contributed by atoms with Crippen LogP contribution in [0.1, 0.15) is 44.3 Å². The summed E-state index contributed by atoms with van der Waals surface area (Å²) < 4.78 is 5.60. The van der Waals surface area contributed by atoms with Crippen LogP contribution in [0.3, 0.4) is 0 Å². The van der Waals surface area contributed by atoms with Crippen LogP contribution in [-0.4, -0.2) is 43.8 Å². The number of thiazole rings is 1. The Labute approximate surface area is 160 Å². The number of hydrogen-bond acceptors (Lipinski definition) is 4. The molecule has 0 radical (unpaired) electrons. The van der Waals surface area contributed by atoms with Crippen molar-refractivity contribution in [2.45, 2.75) is 51.6 Å². The zero-order valence-electron chi connectivity index (χ0n) is 14.5. The Morgan fingerprint density at radius 1 is 1.43 bits per heavy atom. The van der Waals surface area contributed by atoms with Gasteiger partial charge in [0.15, 0.2) is 5.96 Å². The van der Waals surface area contributed by atoms with Crippen molar-refractivity contribution in [1.82, 2.24) is 15.6 Å². The predicted molar refractivity (Wildman–Crippen MR) is 108 cm³/mol. The fraction of sp³-hybridized carbons (Fsp3) is 0.750. The van der Waals surface area contributed by atoms with Crippen LogP contribution in [0, 0.1) is 0 Å². The summed E-state index contributed by atoms with van der Waals surface area (Å²) in [5.74, 6) is 0.836. The molecule has 1 saturated heterocycles. The van der Waals surface area contributed by atoms with Crippen LogP contribution in [0.15, 0.2) is 10.4 Å². The lowest BCUT2D eigenvalue weighted by molar-refractivity contribution is 0.114. The maximum atomic E-state index is 5.60. The van der Waals surface area contributed by atoms with Gasteiger partial charge < -0.3 is 15.4 Å². The Balaban J connectivity index is 0.00000264. The van der Waals surface area contributed by atoms with E-state index < -0.39 is 0 Å². The molecule has 2 N–H and O–H groups in total. The molecule has 2 rings (SSSR count). The summed E-state index contributed by atoms with van der Waals surface area (Å²) in [5, 5.41) is 10.0. The number of nitrogens with one attached hydrogen (secondary N) is 2. The summed E-state index contributed by atoms with van der Waals surface area (Å²) >= 11 is 1.74. The molecule has 0 amide bonds. The molecule has 1 atom stereocenters. The van der Waals surface area contributed by atoms with Gasteiger partial charge >= 0.3 is 0 Å². The summed E-state index contributed by atoms with van der Waals surface area (Å²) in [6.07, 6.45) is 3.55. The highest BCUT2D eigenvalue weighted by atomic mass is 127. The van der Waals surface area contributed by atoms with Crippen molar-refractivity contribution in [3.63, 3.8) is 0 Å². The molecule has 1 unspecified atom stereocenters. The lowest BCUT2D eigenvalue weighted by Gasteiger charge is -2.15. The first-order valence-corrected chi connectivity index (χ1v) is 8.88. The van der Waals surface area contributed by atoms with E-state index in [-0.39, 0.29) is 29.4 Å². The fourth-order valence-corrected chi connectivity index (χ4v) is 3.32. The number of ether oxygens (including phenoxy) is 1. The zero-order chi connectivity index (χ0) is 16.0. The minimum atomic E-state index is 0. The largest absolute Gasteiger partial charge is 0.376 e. The van der Waals surface area contributed by atoms with Gasteiger partial charge in [0.1, 0.15) is 0 Å². The van der Waals surface area contributed by atoms with Crippen molar-refractivity contribution < 1.29 is 4.74 Å². The first kappa shape index (κ1) is 20.6. The number of halogens is 1. The predicted octanol–water partition coefficient (Wildman–Crippen LogP) is 2.95. The number of aliphatic imine (C=N–C) groups is 1. The van der Waals surface area contributed by atoms with Crippen LogP contribution in [-0.2, 0) is 16.6 Å². The number of aromatic nitrogens is 1. The average Bonchev–Trinajstić information content (AvgIpc) is 3.13. The van der Waals surface area contributed by atoms with Gasteiger partial charge in [0.05, 0.1) is 16.8 Å². The molecule has 23 heavy (non-hydrogen) atoms. The second-order valence-electron chi connectivity index (χ2n) is 6.64. The van der Waals surface area contributed by atoms with Gasteiger partial charge in [-0.3, -0.25) is 4.99 Å². The SMILES string of the molecule is CN=C(NCCc1nc(C(C)(C)C)cs1)NCC1CCCO1.I. The van der Waals surface area contributed by atoms with Gasteiger partial charge in [-0.05, 0) is 12.8 Å². The molecule has 5 nitrogen and oxygen atoms in total. The molecule has 1 aliphatic heterocycles. The molecule has 0 aliphatic carbocycles. The number of rotatable bonds is 5. The summed E-state index contributed by atoms with van der Waals surface area (Å²) in [4.78, 5) is 8.96. The Bertz CT molecular complexity index is 493. The highest BCUT2D eigenvalue weighted by molar-refractivity contribution is 14.0. The molecule has 7 heteroatoms. The quantitative estimate of drug-likeness (QED) is 0.410. The minimum absolute atomic E-state index is 0.